The number of rotatable bonds is 8. The Bertz CT molecular complexity index is 615. The number of nitrogens with one attached hydrogen (secondary N) is 1. The van der Waals surface area contributed by atoms with E-state index >= 15 is 0 Å². The van der Waals surface area contributed by atoms with Crippen LogP contribution in [0.3, 0.4) is 0 Å². The minimum atomic E-state index is -0.703. The highest BCUT2D eigenvalue weighted by atomic mass is 16.5. The fourth-order valence-electron chi connectivity index (χ4n) is 2.02. The predicted molar refractivity (Wildman–Crippen MR) is 88.8 cm³/mol. The molecule has 23 heavy (non-hydrogen) atoms. The summed E-state index contributed by atoms with van der Waals surface area (Å²) in [5, 5.41) is 13.1. The van der Waals surface area contributed by atoms with Gasteiger partial charge in [-0.15, -0.1) is 0 Å². The van der Waals surface area contributed by atoms with Gasteiger partial charge < -0.3 is 19.9 Å². The van der Waals surface area contributed by atoms with Gasteiger partial charge in [0.15, 0.2) is 0 Å². The minimum Gasteiger partial charge on any atom is -0.491 e. The molecule has 5 heteroatoms. The van der Waals surface area contributed by atoms with Gasteiger partial charge in [0, 0.05) is 12.2 Å². The second-order valence-corrected chi connectivity index (χ2v) is 4.92. The van der Waals surface area contributed by atoms with Crippen LogP contribution in [0.2, 0.25) is 0 Å². The standard InChI is InChI=1S/C18H21NO4/c1-2-22-18(21)16-10-6-7-11-17(16)19-12-14(20)13-23-15-8-4-3-5-9-15/h3-11,14,19-20H,2,12-13H2,1H3. The van der Waals surface area contributed by atoms with Gasteiger partial charge in [0.05, 0.1) is 12.2 Å². The molecule has 2 aromatic rings. The van der Waals surface area contributed by atoms with Crippen molar-refractivity contribution in [3.63, 3.8) is 0 Å². The average molecular weight is 315 g/mol. The lowest BCUT2D eigenvalue weighted by molar-refractivity contribution is 0.0527. The maximum Gasteiger partial charge on any atom is 0.340 e. The molecule has 122 valence electrons. The molecule has 0 saturated heterocycles. The van der Waals surface area contributed by atoms with Crippen molar-refractivity contribution >= 4 is 11.7 Å². The zero-order valence-electron chi connectivity index (χ0n) is 13.1. The second kappa shape index (κ2) is 8.80. The summed E-state index contributed by atoms with van der Waals surface area (Å²) in [4.78, 5) is 11.9. The highest BCUT2D eigenvalue weighted by molar-refractivity contribution is 5.95. The first-order valence-electron chi connectivity index (χ1n) is 7.56. The third-order valence-corrected chi connectivity index (χ3v) is 3.14. The summed E-state index contributed by atoms with van der Waals surface area (Å²) in [5.41, 5.74) is 1.08. The summed E-state index contributed by atoms with van der Waals surface area (Å²) in [7, 11) is 0. The molecule has 0 fully saturated rings. The summed E-state index contributed by atoms with van der Waals surface area (Å²) in [6.07, 6.45) is -0.703. The predicted octanol–water partition coefficient (Wildman–Crippen LogP) is 2.72. The van der Waals surface area contributed by atoms with Crippen molar-refractivity contribution in [2.45, 2.75) is 13.0 Å². The number of carbonyl (C=O) groups is 1. The number of aliphatic hydroxyl groups excluding tert-OH is 1. The van der Waals surface area contributed by atoms with E-state index in [2.05, 4.69) is 5.32 Å². The zero-order chi connectivity index (χ0) is 16.5. The van der Waals surface area contributed by atoms with E-state index in [0.29, 0.717) is 23.6 Å². The number of anilines is 1. The van der Waals surface area contributed by atoms with Crippen molar-refractivity contribution in [2.24, 2.45) is 0 Å². The normalized spacial score (nSPS) is 11.6. The van der Waals surface area contributed by atoms with E-state index in [1.165, 1.54) is 0 Å². The molecule has 0 bridgehead atoms. The van der Waals surface area contributed by atoms with E-state index < -0.39 is 6.10 Å². The number of benzene rings is 2. The zero-order valence-corrected chi connectivity index (χ0v) is 13.1. The fraction of sp³-hybridized carbons (Fsp3) is 0.278. The SMILES string of the molecule is CCOC(=O)c1ccccc1NCC(O)COc1ccccc1. The van der Waals surface area contributed by atoms with Crippen LogP contribution in [0.1, 0.15) is 17.3 Å². The summed E-state index contributed by atoms with van der Waals surface area (Å²) in [6, 6.07) is 16.4. The van der Waals surface area contributed by atoms with Crippen molar-refractivity contribution in [3.8, 4) is 5.75 Å². The molecule has 0 spiro atoms. The van der Waals surface area contributed by atoms with E-state index in [1.807, 2.05) is 36.4 Å². The molecule has 0 aliphatic rings. The Hall–Kier alpha value is -2.53. The van der Waals surface area contributed by atoms with Gasteiger partial charge in [0.2, 0.25) is 0 Å². The van der Waals surface area contributed by atoms with Gasteiger partial charge in [0.25, 0.3) is 0 Å². The molecule has 1 unspecified atom stereocenters. The number of hydrogen-bond acceptors (Lipinski definition) is 5. The maximum atomic E-state index is 11.9. The van der Waals surface area contributed by atoms with Crippen LogP contribution in [0.5, 0.6) is 5.75 Å². The van der Waals surface area contributed by atoms with Gasteiger partial charge in [0.1, 0.15) is 18.5 Å². The summed E-state index contributed by atoms with van der Waals surface area (Å²) in [5.74, 6) is 0.323. The number of carbonyl (C=O) groups excluding carboxylic acids is 1. The van der Waals surface area contributed by atoms with E-state index in [-0.39, 0.29) is 19.1 Å². The molecular weight excluding hydrogens is 294 g/mol. The second-order valence-electron chi connectivity index (χ2n) is 4.92. The van der Waals surface area contributed by atoms with Gasteiger partial charge in [-0.3, -0.25) is 0 Å². The van der Waals surface area contributed by atoms with Gasteiger partial charge in [-0.05, 0) is 31.2 Å². The Kier molecular flexibility index (Phi) is 6.44. The van der Waals surface area contributed by atoms with E-state index in [9.17, 15) is 9.90 Å². The van der Waals surface area contributed by atoms with Gasteiger partial charge in [-0.2, -0.15) is 0 Å². The Morgan fingerprint density at radius 2 is 1.83 bits per heavy atom. The molecule has 0 heterocycles. The maximum absolute atomic E-state index is 11.9. The third-order valence-electron chi connectivity index (χ3n) is 3.14. The Morgan fingerprint density at radius 1 is 1.13 bits per heavy atom. The lowest BCUT2D eigenvalue weighted by atomic mass is 10.1. The molecule has 0 aromatic heterocycles. The first-order chi connectivity index (χ1) is 11.2. The summed E-state index contributed by atoms with van der Waals surface area (Å²) < 4.78 is 10.5. The largest absolute Gasteiger partial charge is 0.491 e. The van der Waals surface area contributed by atoms with E-state index in [4.69, 9.17) is 9.47 Å². The van der Waals surface area contributed by atoms with Crippen LogP contribution in [0.4, 0.5) is 5.69 Å². The lowest BCUT2D eigenvalue weighted by Crippen LogP contribution is -2.27. The van der Waals surface area contributed by atoms with Gasteiger partial charge in [-0.25, -0.2) is 4.79 Å². The van der Waals surface area contributed by atoms with Crippen LogP contribution in [0, 0.1) is 0 Å². The number of ether oxygens (including phenoxy) is 2. The quantitative estimate of drug-likeness (QED) is 0.733. The monoisotopic (exact) mass is 315 g/mol. The van der Waals surface area contributed by atoms with Crippen LogP contribution in [-0.4, -0.2) is 36.9 Å². The summed E-state index contributed by atoms with van der Waals surface area (Å²) >= 11 is 0. The van der Waals surface area contributed by atoms with Crippen LogP contribution in [0.15, 0.2) is 54.6 Å². The van der Waals surface area contributed by atoms with Gasteiger partial charge in [-0.1, -0.05) is 30.3 Å². The molecule has 0 aliphatic carbocycles. The first kappa shape index (κ1) is 16.8. The molecule has 1 atom stereocenters. The highest BCUT2D eigenvalue weighted by Crippen LogP contribution is 2.16. The summed E-state index contributed by atoms with van der Waals surface area (Å²) in [6.45, 7) is 2.52. The van der Waals surface area contributed by atoms with Crippen LogP contribution in [0.25, 0.3) is 0 Å². The number of aliphatic hydroxyl groups is 1. The molecule has 5 nitrogen and oxygen atoms in total. The average Bonchev–Trinajstić information content (AvgIpc) is 2.59. The Labute approximate surface area is 135 Å². The van der Waals surface area contributed by atoms with Crippen molar-refractivity contribution in [1.82, 2.24) is 0 Å². The van der Waals surface area contributed by atoms with E-state index in [1.54, 1.807) is 25.1 Å². The highest BCUT2D eigenvalue weighted by Gasteiger charge is 2.13. The van der Waals surface area contributed by atoms with Crippen LogP contribution in [-0.2, 0) is 4.74 Å². The van der Waals surface area contributed by atoms with Crippen LogP contribution >= 0.6 is 0 Å². The fourth-order valence-corrected chi connectivity index (χ4v) is 2.02. The van der Waals surface area contributed by atoms with Crippen LogP contribution < -0.4 is 10.1 Å². The smallest absolute Gasteiger partial charge is 0.340 e. The van der Waals surface area contributed by atoms with Crippen molar-refractivity contribution in [1.29, 1.82) is 0 Å². The molecule has 2 aromatic carbocycles. The molecule has 0 aliphatic heterocycles. The van der Waals surface area contributed by atoms with Gasteiger partial charge >= 0.3 is 5.97 Å². The van der Waals surface area contributed by atoms with Crippen molar-refractivity contribution in [3.05, 3.63) is 60.2 Å². The molecule has 2 N–H and O–H groups in total. The molecule has 2 rings (SSSR count). The van der Waals surface area contributed by atoms with Crippen molar-refractivity contribution in [2.75, 3.05) is 25.1 Å². The third kappa shape index (κ3) is 5.30. The Morgan fingerprint density at radius 3 is 2.57 bits per heavy atom. The molecule has 0 radical (unpaired) electrons. The number of esters is 1. The van der Waals surface area contributed by atoms with Crippen molar-refractivity contribution < 1.29 is 19.4 Å². The van der Waals surface area contributed by atoms with E-state index in [0.717, 1.165) is 0 Å². The molecule has 0 amide bonds. The number of hydrogen-bond donors (Lipinski definition) is 2. The minimum absolute atomic E-state index is 0.165. The lowest BCUT2D eigenvalue weighted by Gasteiger charge is -2.15. The molecule has 0 saturated carbocycles. The first-order valence-corrected chi connectivity index (χ1v) is 7.56. The Balaban J connectivity index is 1.86. The molecular formula is C18H21NO4. The topological polar surface area (TPSA) is 67.8 Å². The number of para-hydroxylation sites is 2.